The molecule has 1 aromatic heterocycles. The van der Waals surface area contributed by atoms with Crippen molar-refractivity contribution in [1.29, 1.82) is 0 Å². The van der Waals surface area contributed by atoms with E-state index in [2.05, 4.69) is 9.97 Å². The number of alkyl halides is 1. The predicted molar refractivity (Wildman–Crippen MR) is 132 cm³/mol. The summed E-state index contributed by atoms with van der Waals surface area (Å²) in [5, 5.41) is 11.0. The highest BCUT2D eigenvalue weighted by molar-refractivity contribution is 6.30. The number of benzene rings is 1. The minimum Gasteiger partial charge on any atom is -0.482 e. The van der Waals surface area contributed by atoms with Gasteiger partial charge in [-0.3, -0.25) is 14.7 Å². The van der Waals surface area contributed by atoms with Crippen LogP contribution in [-0.2, 0) is 4.79 Å². The van der Waals surface area contributed by atoms with Crippen molar-refractivity contribution in [2.45, 2.75) is 69.9 Å². The number of aromatic nitrogens is 2. The fraction of sp³-hybridized carbons (Fsp3) is 0.538. The molecule has 2 fully saturated rings. The van der Waals surface area contributed by atoms with Gasteiger partial charge in [0.25, 0.3) is 0 Å². The second kappa shape index (κ2) is 10.3. The third-order valence-electron chi connectivity index (χ3n) is 7.53. The summed E-state index contributed by atoms with van der Waals surface area (Å²) in [6.07, 6.45) is 4.19. The van der Waals surface area contributed by atoms with E-state index in [1.807, 2.05) is 4.90 Å². The molecule has 2 aromatic rings. The number of ketones is 1. The van der Waals surface area contributed by atoms with Gasteiger partial charge in [-0.05, 0) is 56.7 Å². The average Bonchev–Trinajstić information content (AvgIpc) is 3.26. The van der Waals surface area contributed by atoms with Gasteiger partial charge in [0, 0.05) is 42.6 Å². The van der Waals surface area contributed by atoms with Gasteiger partial charge >= 0.3 is 6.03 Å². The molecule has 1 aromatic carbocycles. The molecule has 0 bridgehead atoms. The number of Topliss-reactive ketones (excluding diaryl/α,β-unsaturated/α-hetero) is 1. The Balaban J connectivity index is 1.13. The predicted octanol–water partition coefficient (Wildman–Crippen LogP) is 4.81. The maximum absolute atomic E-state index is 13.4. The van der Waals surface area contributed by atoms with Crippen LogP contribution in [0.5, 0.6) is 5.75 Å². The van der Waals surface area contributed by atoms with Gasteiger partial charge in [0.05, 0.1) is 24.2 Å². The number of amides is 2. The first-order chi connectivity index (χ1) is 17.3. The highest BCUT2D eigenvalue weighted by Crippen LogP contribution is 2.38. The van der Waals surface area contributed by atoms with Crippen molar-refractivity contribution in [2.24, 2.45) is 5.92 Å². The topological polar surface area (TPSA) is 95.9 Å². The molecule has 36 heavy (non-hydrogen) atoms. The van der Waals surface area contributed by atoms with Gasteiger partial charge in [-0.1, -0.05) is 11.6 Å². The summed E-state index contributed by atoms with van der Waals surface area (Å²) in [6.45, 7) is 2.52. The Hall–Kier alpha value is -2.78. The minimum atomic E-state index is -1.20. The number of anilines is 1. The van der Waals surface area contributed by atoms with E-state index in [9.17, 15) is 19.1 Å². The van der Waals surface area contributed by atoms with Crippen molar-refractivity contribution in [3.05, 3.63) is 46.9 Å². The fourth-order valence-electron chi connectivity index (χ4n) is 5.47. The summed E-state index contributed by atoms with van der Waals surface area (Å²) in [5.74, 6) is 1.18. The molecule has 1 aliphatic carbocycles. The lowest BCUT2D eigenvalue weighted by Gasteiger charge is -2.35. The Morgan fingerprint density at radius 3 is 2.69 bits per heavy atom. The van der Waals surface area contributed by atoms with E-state index in [4.69, 9.17) is 16.3 Å². The van der Waals surface area contributed by atoms with Crippen LogP contribution in [0.4, 0.5) is 15.0 Å². The number of aliphatic hydroxyl groups is 1. The summed E-state index contributed by atoms with van der Waals surface area (Å²) in [7, 11) is 0. The number of hydrogen-bond donors (Lipinski definition) is 1. The van der Waals surface area contributed by atoms with Crippen molar-refractivity contribution in [1.82, 2.24) is 14.9 Å². The first-order valence-electron chi connectivity index (χ1n) is 12.5. The van der Waals surface area contributed by atoms with E-state index < -0.39 is 18.4 Å². The van der Waals surface area contributed by atoms with Crippen molar-refractivity contribution in [2.75, 3.05) is 18.0 Å². The SMILES string of the molecule is CC(F)c1cnc(N2CCN(C3CCC(CC(=O)[C@H]4C[C@@H](O)c5cc(Cl)ccc5O4)CC3)C2=O)cn1. The molecule has 1 N–H and O–H groups in total. The molecule has 1 saturated heterocycles. The molecule has 3 atom stereocenters. The van der Waals surface area contributed by atoms with E-state index in [0.717, 1.165) is 25.7 Å². The molecule has 0 spiro atoms. The van der Waals surface area contributed by atoms with Crippen molar-refractivity contribution >= 4 is 29.2 Å². The number of ether oxygens (including phenoxy) is 1. The second-order valence-electron chi connectivity index (χ2n) is 9.93. The highest BCUT2D eigenvalue weighted by atomic mass is 35.5. The van der Waals surface area contributed by atoms with Crippen LogP contribution in [0.25, 0.3) is 0 Å². The smallest absolute Gasteiger partial charge is 0.326 e. The zero-order chi connectivity index (χ0) is 25.4. The van der Waals surface area contributed by atoms with E-state index in [1.165, 1.54) is 19.3 Å². The molecule has 3 aliphatic rings. The number of urea groups is 1. The monoisotopic (exact) mass is 516 g/mol. The van der Waals surface area contributed by atoms with E-state index in [-0.39, 0.29) is 35.9 Å². The van der Waals surface area contributed by atoms with Crippen LogP contribution in [0.1, 0.15) is 69.0 Å². The van der Waals surface area contributed by atoms with Crippen LogP contribution < -0.4 is 9.64 Å². The first kappa shape index (κ1) is 24.9. The van der Waals surface area contributed by atoms with Gasteiger partial charge in [0.1, 0.15) is 11.9 Å². The Morgan fingerprint density at radius 2 is 2.00 bits per heavy atom. The molecular weight excluding hydrogens is 487 g/mol. The lowest BCUT2D eigenvalue weighted by molar-refractivity contribution is -0.129. The molecule has 3 heterocycles. The van der Waals surface area contributed by atoms with Crippen molar-refractivity contribution in [3.8, 4) is 5.75 Å². The molecule has 8 nitrogen and oxygen atoms in total. The maximum Gasteiger partial charge on any atom is 0.326 e. The summed E-state index contributed by atoms with van der Waals surface area (Å²) in [4.78, 5) is 37.8. The Labute approximate surface area is 214 Å². The maximum atomic E-state index is 13.4. The Kier molecular flexibility index (Phi) is 7.12. The fourth-order valence-corrected chi connectivity index (χ4v) is 5.65. The molecule has 0 radical (unpaired) electrons. The Bertz CT molecular complexity index is 1120. The molecule has 1 saturated carbocycles. The van der Waals surface area contributed by atoms with Crippen LogP contribution in [0.15, 0.2) is 30.6 Å². The normalized spacial score (nSPS) is 26.9. The van der Waals surface area contributed by atoms with E-state index in [0.29, 0.717) is 41.7 Å². The number of nitrogens with zero attached hydrogens (tertiary/aromatic N) is 4. The molecule has 192 valence electrons. The molecule has 2 amide bonds. The highest BCUT2D eigenvalue weighted by Gasteiger charge is 2.38. The number of carbonyl (C=O) groups excluding carboxylic acids is 2. The van der Waals surface area contributed by atoms with Crippen LogP contribution in [0, 0.1) is 5.92 Å². The first-order valence-corrected chi connectivity index (χ1v) is 12.9. The van der Waals surface area contributed by atoms with Crippen molar-refractivity contribution < 1.29 is 23.8 Å². The lowest BCUT2D eigenvalue weighted by Crippen LogP contribution is -2.42. The van der Waals surface area contributed by atoms with Crippen LogP contribution in [0.3, 0.4) is 0 Å². The van der Waals surface area contributed by atoms with Crippen molar-refractivity contribution in [3.63, 3.8) is 0 Å². The summed E-state index contributed by atoms with van der Waals surface area (Å²) >= 11 is 6.01. The molecule has 1 unspecified atom stereocenters. The van der Waals surface area contributed by atoms with Crippen LogP contribution >= 0.6 is 11.6 Å². The van der Waals surface area contributed by atoms with Crippen LogP contribution in [0.2, 0.25) is 5.02 Å². The van der Waals surface area contributed by atoms with Gasteiger partial charge in [-0.2, -0.15) is 0 Å². The van der Waals surface area contributed by atoms with E-state index >= 15 is 0 Å². The largest absolute Gasteiger partial charge is 0.482 e. The number of hydrogen-bond acceptors (Lipinski definition) is 6. The van der Waals surface area contributed by atoms with Gasteiger partial charge in [-0.25, -0.2) is 14.2 Å². The van der Waals surface area contributed by atoms with Crippen LogP contribution in [-0.4, -0.2) is 57.0 Å². The summed E-state index contributed by atoms with van der Waals surface area (Å²) in [5.41, 5.74) is 0.868. The van der Waals surface area contributed by atoms with E-state index in [1.54, 1.807) is 23.1 Å². The van der Waals surface area contributed by atoms with Gasteiger partial charge < -0.3 is 14.7 Å². The summed E-state index contributed by atoms with van der Waals surface area (Å²) < 4.78 is 19.3. The summed E-state index contributed by atoms with van der Waals surface area (Å²) in [6, 6.07) is 5.08. The number of halogens is 2. The molecular formula is C26H30ClFN4O4. The molecule has 5 rings (SSSR count). The quantitative estimate of drug-likeness (QED) is 0.592. The average molecular weight is 517 g/mol. The number of rotatable bonds is 6. The van der Waals surface area contributed by atoms with Gasteiger partial charge in [0.2, 0.25) is 0 Å². The zero-order valence-corrected chi connectivity index (χ0v) is 20.9. The standard InChI is InChI=1S/C26H30ClFN4O4/c1-15(28)20-13-30-25(14-29-20)32-9-8-31(26(32)35)18-5-2-16(3-6-18)10-22(34)24-12-21(33)19-11-17(27)4-7-23(19)36-24/h4,7,11,13-16,18,21,24,33H,2-3,5-6,8-10,12H2,1H3/t15?,16?,18?,21-,24-/m1/s1. The number of fused-ring (bicyclic) bond motifs is 1. The zero-order valence-electron chi connectivity index (χ0n) is 20.1. The third kappa shape index (κ3) is 5.04. The minimum absolute atomic E-state index is 0.00569. The molecule has 10 heteroatoms. The third-order valence-corrected chi connectivity index (χ3v) is 7.76. The number of aliphatic hydroxyl groups excluding tert-OH is 1. The van der Waals surface area contributed by atoms with Gasteiger partial charge in [-0.15, -0.1) is 0 Å². The Morgan fingerprint density at radius 1 is 1.22 bits per heavy atom. The van der Waals surface area contributed by atoms with Gasteiger partial charge in [0.15, 0.2) is 17.7 Å². The molecule has 2 aliphatic heterocycles. The second-order valence-corrected chi connectivity index (χ2v) is 10.4. The lowest BCUT2D eigenvalue weighted by atomic mass is 9.81. The number of carbonyl (C=O) groups is 2.